The molecule has 0 bridgehead atoms. The van der Waals surface area contributed by atoms with Gasteiger partial charge in [0.1, 0.15) is 11.5 Å². The SMILES string of the molecule is CC1(C)c2ccccc2N(c2ccc3c(c2)S(c2ccccc2)(c2ccccc2)c2ccccc2O3)c2ccccc21. The van der Waals surface area contributed by atoms with Crippen molar-refractivity contribution in [3.05, 3.63) is 163 Å². The molecule has 2 nitrogen and oxygen atoms in total. The zero-order chi connectivity index (χ0) is 28.3. The Kier molecular flexibility index (Phi) is 5.60. The molecule has 0 aliphatic carbocycles. The Morgan fingerprint density at radius 1 is 0.500 bits per heavy atom. The van der Waals surface area contributed by atoms with Crippen LogP contribution in [0.1, 0.15) is 25.0 Å². The van der Waals surface area contributed by atoms with E-state index in [0.717, 1.165) is 17.2 Å². The van der Waals surface area contributed by atoms with Gasteiger partial charge in [0.2, 0.25) is 0 Å². The largest absolute Gasteiger partial charge is 0.455 e. The molecule has 0 fully saturated rings. The van der Waals surface area contributed by atoms with Crippen molar-refractivity contribution < 1.29 is 4.74 Å². The van der Waals surface area contributed by atoms with E-state index in [-0.39, 0.29) is 5.41 Å². The van der Waals surface area contributed by atoms with Crippen molar-refractivity contribution in [3.63, 3.8) is 0 Å². The van der Waals surface area contributed by atoms with Crippen LogP contribution in [0.2, 0.25) is 0 Å². The Hall–Kier alpha value is -4.73. The van der Waals surface area contributed by atoms with E-state index in [2.05, 4.69) is 170 Å². The highest BCUT2D eigenvalue weighted by Gasteiger charge is 2.42. The quantitative estimate of drug-likeness (QED) is 0.213. The van der Waals surface area contributed by atoms with Crippen LogP contribution in [0.3, 0.4) is 0 Å². The molecular weight excluding hydrogens is 531 g/mol. The molecule has 0 saturated heterocycles. The molecule has 0 amide bonds. The van der Waals surface area contributed by atoms with Gasteiger partial charge in [-0.1, -0.05) is 98.8 Å². The predicted octanol–water partition coefficient (Wildman–Crippen LogP) is 11.2. The lowest BCUT2D eigenvalue weighted by molar-refractivity contribution is 0.452. The lowest BCUT2D eigenvalue weighted by Crippen LogP contribution is -2.30. The number of anilines is 3. The van der Waals surface area contributed by atoms with E-state index in [9.17, 15) is 0 Å². The van der Waals surface area contributed by atoms with E-state index >= 15 is 0 Å². The van der Waals surface area contributed by atoms with Crippen molar-refractivity contribution in [2.45, 2.75) is 38.8 Å². The van der Waals surface area contributed by atoms with Crippen molar-refractivity contribution in [2.24, 2.45) is 0 Å². The molecule has 0 aromatic heterocycles. The molecule has 0 saturated carbocycles. The van der Waals surface area contributed by atoms with Crippen LogP contribution in [0.15, 0.2) is 171 Å². The van der Waals surface area contributed by atoms with Gasteiger partial charge in [-0.05, 0) is 77.9 Å². The summed E-state index contributed by atoms with van der Waals surface area (Å²) in [6, 6.07) is 55.1. The summed E-state index contributed by atoms with van der Waals surface area (Å²) in [5, 5.41) is 0. The minimum atomic E-state index is -1.86. The zero-order valence-electron chi connectivity index (χ0n) is 23.7. The molecule has 0 N–H and O–H groups in total. The van der Waals surface area contributed by atoms with Crippen LogP contribution in [0, 0.1) is 0 Å². The minimum Gasteiger partial charge on any atom is -0.455 e. The standard InChI is InChI=1S/C39H31NOS/c1-39(2)31-19-9-11-21-33(31)40(34-22-12-10-20-32(34)39)28-25-26-36-38(27-28)42(29-15-5-3-6-16-29,30-17-7-4-8-18-30)37-24-14-13-23-35(37)41-36/h3-27H,1-2H3. The summed E-state index contributed by atoms with van der Waals surface area (Å²) in [6.07, 6.45) is 0. The minimum absolute atomic E-state index is 0.108. The number of fused-ring (bicyclic) bond motifs is 4. The molecule has 6 aromatic rings. The lowest BCUT2D eigenvalue weighted by atomic mass is 9.73. The van der Waals surface area contributed by atoms with Gasteiger partial charge in [-0.3, -0.25) is 0 Å². The average molecular weight is 562 g/mol. The van der Waals surface area contributed by atoms with Crippen LogP contribution in [-0.4, -0.2) is 0 Å². The second kappa shape index (κ2) is 9.40. The fourth-order valence-electron chi connectivity index (χ4n) is 6.82. The number of rotatable bonds is 3. The van der Waals surface area contributed by atoms with Crippen LogP contribution in [-0.2, 0) is 5.41 Å². The molecule has 0 atom stereocenters. The molecule has 6 aromatic carbocycles. The Bertz CT molecular complexity index is 1860. The molecule has 0 spiro atoms. The van der Waals surface area contributed by atoms with Gasteiger partial charge in [-0.2, -0.15) is 0 Å². The molecule has 2 aliphatic rings. The summed E-state index contributed by atoms with van der Waals surface area (Å²) < 4.78 is 6.69. The highest BCUT2D eigenvalue weighted by molar-refractivity contribution is 8.34. The van der Waals surface area contributed by atoms with Gasteiger partial charge in [0, 0.05) is 30.7 Å². The average Bonchev–Trinajstić information content (AvgIpc) is 3.05. The summed E-state index contributed by atoms with van der Waals surface area (Å²) in [7, 11) is -1.86. The molecule has 0 unspecified atom stereocenters. The van der Waals surface area contributed by atoms with Crippen LogP contribution in [0.4, 0.5) is 17.1 Å². The Labute approximate surface area is 249 Å². The second-order valence-electron chi connectivity index (χ2n) is 11.4. The van der Waals surface area contributed by atoms with Crippen LogP contribution in [0.25, 0.3) is 0 Å². The summed E-state index contributed by atoms with van der Waals surface area (Å²) >= 11 is 0. The van der Waals surface area contributed by atoms with Gasteiger partial charge in [0.05, 0.1) is 11.4 Å². The maximum absolute atomic E-state index is 6.69. The van der Waals surface area contributed by atoms with Crippen molar-refractivity contribution in [3.8, 4) is 11.5 Å². The van der Waals surface area contributed by atoms with Crippen LogP contribution >= 0.6 is 10.0 Å². The highest BCUT2D eigenvalue weighted by atomic mass is 32.3. The van der Waals surface area contributed by atoms with Crippen LogP contribution < -0.4 is 9.64 Å². The topological polar surface area (TPSA) is 12.5 Å². The lowest BCUT2D eigenvalue weighted by Gasteiger charge is -2.47. The molecule has 204 valence electrons. The predicted molar refractivity (Wildman–Crippen MR) is 173 cm³/mol. The number of benzene rings is 6. The number of nitrogens with zero attached hydrogens (tertiary/aromatic N) is 1. The van der Waals surface area contributed by atoms with Crippen molar-refractivity contribution >= 4 is 27.1 Å². The van der Waals surface area contributed by atoms with Crippen LogP contribution in [0.5, 0.6) is 11.5 Å². The van der Waals surface area contributed by atoms with E-state index in [1.165, 1.54) is 42.1 Å². The van der Waals surface area contributed by atoms with Crippen molar-refractivity contribution in [1.29, 1.82) is 0 Å². The smallest absolute Gasteiger partial charge is 0.140 e. The van der Waals surface area contributed by atoms with Gasteiger partial charge in [-0.25, -0.2) is 0 Å². The molecule has 0 radical (unpaired) electrons. The third-order valence-corrected chi connectivity index (χ3v) is 12.7. The van der Waals surface area contributed by atoms with Crippen molar-refractivity contribution in [2.75, 3.05) is 4.90 Å². The number of para-hydroxylation sites is 3. The number of hydrogen-bond acceptors (Lipinski definition) is 2. The fourth-order valence-corrected chi connectivity index (χ4v) is 10.9. The monoisotopic (exact) mass is 561 g/mol. The molecule has 8 rings (SSSR count). The van der Waals surface area contributed by atoms with E-state index in [1.54, 1.807) is 0 Å². The van der Waals surface area contributed by atoms with Gasteiger partial charge in [0.15, 0.2) is 0 Å². The normalized spacial score (nSPS) is 16.2. The molecular formula is C39H31NOS. The van der Waals surface area contributed by atoms with E-state index in [1.807, 2.05) is 0 Å². The first-order valence-electron chi connectivity index (χ1n) is 14.4. The summed E-state index contributed by atoms with van der Waals surface area (Å²) in [6.45, 7) is 4.67. The molecule has 2 aliphatic heterocycles. The van der Waals surface area contributed by atoms with Crippen molar-refractivity contribution in [1.82, 2.24) is 0 Å². The highest BCUT2D eigenvalue weighted by Crippen LogP contribution is 2.79. The van der Waals surface area contributed by atoms with Gasteiger partial charge in [0.25, 0.3) is 0 Å². The second-order valence-corrected chi connectivity index (χ2v) is 14.5. The number of hydrogen-bond donors (Lipinski definition) is 0. The zero-order valence-corrected chi connectivity index (χ0v) is 24.5. The summed E-state index contributed by atoms with van der Waals surface area (Å²) in [5.74, 6) is 1.84. The van der Waals surface area contributed by atoms with Gasteiger partial charge >= 0.3 is 0 Å². The molecule has 3 heteroatoms. The molecule has 42 heavy (non-hydrogen) atoms. The Morgan fingerprint density at radius 3 is 1.62 bits per heavy atom. The molecule has 2 heterocycles. The Morgan fingerprint density at radius 2 is 1.00 bits per heavy atom. The first-order valence-corrected chi connectivity index (χ1v) is 16.1. The summed E-state index contributed by atoms with van der Waals surface area (Å²) in [4.78, 5) is 7.48. The Balaban J connectivity index is 1.45. The number of ether oxygens (including phenoxy) is 1. The first-order chi connectivity index (χ1) is 20.6. The summed E-state index contributed by atoms with van der Waals surface area (Å²) in [5.41, 5.74) is 6.12. The third-order valence-electron chi connectivity index (χ3n) is 8.74. The maximum atomic E-state index is 6.69. The maximum Gasteiger partial charge on any atom is 0.140 e. The van der Waals surface area contributed by atoms with Gasteiger partial charge < -0.3 is 9.64 Å². The first kappa shape index (κ1) is 25.0. The third kappa shape index (κ3) is 3.47. The van der Waals surface area contributed by atoms with Gasteiger partial charge in [-0.15, -0.1) is 10.0 Å². The van der Waals surface area contributed by atoms with E-state index in [4.69, 9.17) is 4.74 Å². The van der Waals surface area contributed by atoms with E-state index in [0.29, 0.717) is 0 Å². The fraction of sp³-hybridized carbons (Fsp3) is 0.0769. The van der Waals surface area contributed by atoms with E-state index < -0.39 is 10.0 Å².